The molecule has 0 bridgehead atoms. The fourth-order valence-corrected chi connectivity index (χ4v) is 6.40. The summed E-state index contributed by atoms with van der Waals surface area (Å²) in [5, 5.41) is 7.26. The van der Waals surface area contributed by atoms with Crippen LogP contribution >= 0.6 is 0 Å². The summed E-state index contributed by atoms with van der Waals surface area (Å²) in [6.07, 6.45) is 0.991. The molecule has 0 spiro atoms. The molecule has 3 atom stereocenters. The van der Waals surface area contributed by atoms with E-state index in [9.17, 15) is 9.59 Å². The first kappa shape index (κ1) is 29.3. The average Bonchev–Trinajstić information content (AvgIpc) is 3.65. The van der Waals surface area contributed by atoms with Gasteiger partial charge in [-0.25, -0.2) is 9.79 Å². The molecule has 9 heteroatoms. The molecule has 9 nitrogen and oxygen atoms in total. The van der Waals surface area contributed by atoms with Crippen LogP contribution in [-0.2, 0) is 25.4 Å². The van der Waals surface area contributed by atoms with Crippen LogP contribution in [0.5, 0.6) is 0 Å². The van der Waals surface area contributed by atoms with Crippen molar-refractivity contribution in [2.45, 2.75) is 37.6 Å². The summed E-state index contributed by atoms with van der Waals surface area (Å²) >= 11 is 0. The fourth-order valence-electron chi connectivity index (χ4n) is 6.40. The molecular weight excluding hydrogens is 580 g/mol. The Morgan fingerprint density at radius 2 is 1.54 bits per heavy atom. The molecule has 0 saturated heterocycles. The van der Waals surface area contributed by atoms with E-state index in [1.807, 2.05) is 79.0 Å². The van der Waals surface area contributed by atoms with Crippen molar-refractivity contribution in [1.29, 1.82) is 0 Å². The third kappa shape index (κ3) is 5.61. The number of nitrogens with one attached hydrogen (secondary N) is 3. The van der Waals surface area contributed by atoms with Crippen LogP contribution in [0.4, 0.5) is 10.5 Å². The van der Waals surface area contributed by atoms with Crippen molar-refractivity contribution in [2.24, 2.45) is 4.99 Å². The fraction of sp³-hybridized carbons (Fsp3) is 0.216. The number of aromatic nitrogens is 1. The van der Waals surface area contributed by atoms with Gasteiger partial charge in [0.2, 0.25) is 5.90 Å². The number of esters is 1. The van der Waals surface area contributed by atoms with Crippen molar-refractivity contribution in [1.82, 2.24) is 15.6 Å². The number of para-hydroxylation sites is 2. The Balaban J connectivity index is 1.05. The van der Waals surface area contributed by atoms with E-state index in [1.165, 1.54) is 7.11 Å². The number of rotatable bonds is 9. The first-order valence-electron chi connectivity index (χ1n) is 15.3. The highest BCUT2D eigenvalue weighted by Crippen LogP contribution is 2.44. The molecule has 2 heterocycles. The quantitative estimate of drug-likeness (QED) is 0.163. The second-order valence-electron chi connectivity index (χ2n) is 11.5. The third-order valence-electron chi connectivity index (χ3n) is 8.67. The van der Waals surface area contributed by atoms with E-state index in [4.69, 9.17) is 19.2 Å². The largest absolute Gasteiger partial charge is 0.468 e. The number of hydrogen-bond acceptors (Lipinski definition) is 7. The lowest BCUT2D eigenvalue weighted by Crippen LogP contribution is -2.47. The lowest BCUT2D eigenvalue weighted by molar-refractivity contribution is -0.144. The zero-order valence-electron chi connectivity index (χ0n) is 25.5. The Labute approximate surface area is 266 Å². The normalized spacial score (nSPS) is 16.3. The molecular formula is C37H34N4O5. The number of amides is 1. The van der Waals surface area contributed by atoms with Crippen LogP contribution in [0, 0.1) is 0 Å². The van der Waals surface area contributed by atoms with Crippen LogP contribution in [0.25, 0.3) is 22.0 Å². The van der Waals surface area contributed by atoms with Gasteiger partial charge in [0.05, 0.1) is 12.8 Å². The van der Waals surface area contributed by atoms with Gasteiger partial charge < -0.3 is 24.5 Å². The van der Waals surface area contributed by atoms with E-state index in [-0.39, 0.29) is 12.5 Å². The van der Waals surface area contributed by atoms with E-state index < -0.39 is 30.4 Å². The van der Waals surface area contributed by atoms with Gasteiger partial charge in [0.1, 0.15) is 18.7 Å². The van der Waals surface area contributed by atoms with Gasteiger partial charge in [-0.2, -0.15) is 0 Å². The Kier molecular flexibility index (Phi) is 7.98. The zero-order valence-corrected chi connectivity index (χ0v) is 25.5. The molecule has 1 aromatic heterocycles. The summed E-state index contributed by atoms with van der Waals surface area (Å²) in [6.45, 7) is 1.98. The topological polar surface area (TPSA) is 114 Å². The molecule has 0 saturated carbocycles. The van der Waals surface area contributed by atoms with E-state index in [0.717, 1.165) is 44.3 Å². The lowest BCUT2D eigenvalue weighted by Gasteiger charge is -2.31. The number of carbonyl (C=O) groups is 2. The van der Waals surface area contributed by atoms with Crippen LogP contribution in [0.2, 0.25) is 0 Å². The predicted molar refractivity (Wildman–Crippen MR) is 176 cm³/mol. The molecule has 3 N–H and O–H groups in total. The van der Waals surface area contributed by atoms with E-state index in [2.05, 4.69) is 39.9 Å². The number of alkyl carbamates (subject to hydrolysis) is 1. The Hall–Kier alpha value is -5.41. The first-order chi connectivity index (χ1) is 22.5. The van der Waals surface area contributed by atoms with Crippen molar-refractivity contribution < 1.29 is 23.8 Å². The maximum atomic E-state index is 13.1. The minimum atomic E-state index is -0.718. The Morgan fingerprint density at radius 1 is 0.891 bits per heavy atom. The standard InChI is InChI=1S/C37H34N4O5/c1-22(39-37(43)45-21-30-27-14-5-3-12-25(27)26-13-4-6-15-28(26)30)34-40-32-18-10-8-16-29(32)35(46-34)41-33(36(42)44-2)19-23-20-38-31-17-9-7-11-24(23)31/h3-18,20,22,30,33,35,38,41H,19,21H2,1-2H3,(H,39,43)/t22-,33-,35?/m1/s1. The van der Waals surface area contributed by atoms with Gasteiger partial charge in [0.15, 0.2) is 6.23 Å². The number of ether oxygens (including phenoxy) is 3. The smallest absolute Gasteiger partial charge is 0.407 e. The van der Waals surface area contributed by atoms with Gasteiger partial charge in [0.25, 0.3) is 0 Å². The predicted octanol–water partition coefficient (Wildman–Crippen LogP) is 6.53. The molecule has 1 unspecified atom stereocenters. The van der Waals surface area contributed by atoms with Gasteiger partial charge in [-0.15, -0.1) is 0 Å². The number of aromatic amines is 1. The Bertz CT molecular complexity index is 1900. The number of H-pyrrole nitrogens is 1. The SMILES string of the molecule is COC(=O)[C@@H](Cc1c[nH]c2ccccc12)NC1OC([C@@H](C)NC(=O)OCC2c3ccccc3-c3ccccc32)=Nc2ccccc21. The minimum absolute atomic E-state index is 0.0513. The zero-order chi connectivity index (χ0) is 31.6. The number of nitrogens with zero attached hydrogens (tertiary/aromatic N) is 1. The number of fused-ring (bicyclic) bond motifs is 5. The van der Waals surface area contributed by atoms with Crippen LogP contribution in [0.15, 0.2) is 108 Å². The van der Waals surface area contributed by atoms with Gasteiger partial charge in [-0.1, -0.05) is 84.9 Å². The summed E-state index contributed by atoms with van der Waals surface area (Å²) in [6, 6.07) is 30.6. The number of carbonyl (C=O) groups excluding carboxylic acids is 2. The van der Waals surface area contributed by atoms with Crippen LogP contribution < -0.4 is 10.6 Å². The van der Waals surface area contributed by atoms with Crippen LogP contribution in [0.1, 0.15) is 41.3 Å². The second-order valence-corrected chi connectivity index (χ2v) is 11.5. The maximum absolute atomic E-state index is 13.1. The summed E-state index contributed by atoms with van der Waals surface area (Å²) in [4.78, 5) is 34.0. The van der Waals surface area contributed by atoms with Gasteiger partial charge >= 0.3 is 12.1 Å². The monoisotopic (exact) mass is 614 g/mol. The first-order valence-corrected chi connectivity index (χ1v) is 15.3. The molecule has 1 aliphatic carbocycles. The van der Waals surface area contributed by atoms with Crippen LogP contribution in [0.3, 0.4) is 0 Å². The average molecular weight is 615 g/mol. The molecule has 4 aromatic carbocycles. The van der Waals surface area contributed by atoms with Gasteiger partial charge in [-0.05, 0) is 46.9 Å². The van der Waals surface area contributed by atoms with Crippen LogP contribution in [-0.4, -0.2) is 48.7 Å². The lowest BCUT2D eigenvalue weighted by atomic mass is 9.98. The van der Waals surface area contributed by atoms with E-state index in [1.54, 1.807) is 6.92 Å². The molecule has 46 heavy (non-hydrogen) atoms. The summed E-state index contributed by atoms with van der Waals surface area (Å²) in [5.74, 6) is -0.176. The molecule has 1 aliphatic heterocycles. The molecule has 2 aliphatic rings. The summed E-state index contributed by atoms with van der Waals surface area (Å²) in [5.41, 5.74) is 8.02. The molecule has 1 amide bonds. The van der Waals surface area contributed by atoms with E-state index >= 15 is 0 Å². The second kappa shape index (κ2) is 12.5. The highest BCUT2D eigenvalue weighted by Gasteiger charge is 2.33. The molecule has 0 radical (unpaired) electrons. The maximum Gasteiger partial charge on any atom is 0.407 e. The van der Waals surface area contributed by atoms with Gasteiger partial charge in [-0.3, -0.25) is 10.1 Å². The number of hydrogen-bond donors (Lipinski definition) is 3. The van der Waals surface area contributed by atoms with Crippen molar-refractivity contribution in [3.05, 3.63) is 126 Å². The highest BCUT2D eigenvalue weighted by atomic mass is 16.6. The summed E-state index contributed by atoms with van der Waals surface area (Å²) in [7, 11) is 1.37. The molecule has 0 fully saturated rings. The van der Waals surface area contributed by atoms with Crippen molar-refractivity contribution in [3.63, 3.8) is 0 Å². The van der Waals surface area contributed by atoms with Gasteiger partial charge in [0, 0.05) is 35.0 Å². The number of aliphatic imine (C=N–C) groups is 1. The molecule has 232 valence electrons. The third-order valence-corrected chi connectivity index (χ3v) is 8.67. The van der Waals surface area contributed by atoms with Crippen molar-refractivity contribution in [2.75, 3.05) is 13.7 Å². The number of methoxy groups -OCH3 is 1. The molecule has 5 aromatic rings. The van der Waals surface area contributed by atoms with Crippen molar-refractivity contribution in [3.8, 4) is 11.1 Å². The minimum Gasteiger partial charge on any atom is -0.468 e. The Morgan fingerprint density at radius 3 is 2.28 bits per heavy atom. The van der Waals surface area contributed by atoms with Crippen molar-refractivity contribution >= 4 is 34.6 Å². The highest BCUT2D eigenvalue weighted by molar-refractivity contribution is 5.89. The summed E-state index contributed by atoms with van der Waals surface area (Å²) < 4.78 is 17.3. The molecule has 7 rings (SSSR count). The number of benzene rings is 4. The van der Waals surface area contributed by atoms with E-state index in [0.29, 0.717) is 18.0 Å².